The third-order valence-electron chi connectivity index (χ3n) is 3.39. The van der Waals surface area contributed by atoms with Crippen LogP contribution in [-0.2, 0) is 21.3 Å². The van der Waals surface area contributed by atoms with Gasteiger partial charge in [-0.1, -0.05) is 6.92 Å². The molecule has 116 valence electrons. The molecule has 3 N–H and O–H groups in total. The van der Waals surface area contributed by atoms with Crippen LogP contribution in [-0.4, -0.2) is 49.2 Å². The predicted molar refractivity (Wildman–Crippen MR) is 76.7 cm³/mol. The third-order valence-corrected chi connectivity index (χ3v) is 5.38. The van der Waals surface area contributed by atoms with E-state index in [4.69, 9.17) is 10.5 Å². The molecule has 0 spiro atoms. The number of sulfonamides is 1. The van der Waals surface area contributed by atoms with E-state index in [1.54, 1.807) is 14.0 Å². The van der Waals surface area contributed by atoms with Crippen LogP contribution in [0.2, 0.25) is 0 Å². The summed E-state index contributed by atoms with van der Waals surface area (Å²) >= 11 is 0. The van der Waals surface area contributed by atoms with E-state index in [1.165, 1.54) is 4.31 Å². The Kier molecular flexibility index (Phi) is 6.12. The number of aryl methyl sites for hydroxylation is 1. The molecule has 0 aromatic carbocycles. The molecule has 0 aliphatic rings. The van der Waals surface area contributed by atoms with Crippen LogP contribution in [0, 0.1) is 6.92 Å². The molecule has 0 radical (unpaired) electrons. The van der Waals surface area contributed by atoms with E-state index < -0.39 is 10.0 Å². The lowest BCUT2D eigenvalue weighted by atomic mass is 10.3. The number of methoxy groups -OCH3 is 1. The van der Waals surface area contributed by atoms with Gasteiger partial charge in [-0.15, -0.1) is 0 Å². The second kappa shape index (κ2) is 7.16. The first-order valence-electron chi connectivity index (χ1n) is 6.64. The SMILES string of the molecule is CCC(C)N(CCOC)S(=O)(=O)c1n[nH]c(C)c1CN. The van der Waals surface area contributed by atoms with Gasteiger partial charge in [-0.05, 0) is 20.3 Å². The molecule has 1 atom stereocenters. The molecule has 1 unspecified atom stereocenters. The summed E-state index contributed by atoms with van der Waals surface area (Å²) in [5.74, 6) is 0. The number of nitrogens with zero attached hydrogens (tertiary/aromatic N) is 2. The minimum Gasteiger partial charge on any atom is -0.383 e. The highest BCUT2D eigenvalue weighted by molar-refractivity contribution is 7.89. The summed E-state index contributed by atoms with van der Waals surface area (Å²) in [5.41, 5.74) is 6.85. The maximum Gasteiger partial charge on any atom is 0.263 e. The molecular weight excluding hydrogens is 280 g/mol. The van der Waals surface area contributed by atoms with Crippen LogP contribution in [0.3, 0.4) is 0 Å². The number of aromatic amines is 1. The molecule has 0 aliphatic heterocycles. The average Bonchev–Trinajstić information content (AvgIpc) is 2.80. The summed E-state index contributed by atoms with van der Waals surface area (Å²) in [6.07, 6.45) is 0.713. The first-order valence-corrected chi connectivity index (χ1v) is 8.08. The van der Waals surface area contributed by atoms with Gasteiger partial charge in [0.2, 0.25) is 0 Å². The van der Waals surface area contributed by atoms with Gasteiger partial charge < -0.3 is 10.5 Å². The number of nitrogens with one attached hydrogen (secondary N) is 1. The molecule has 0 bridgehead atoms. The van der Waals surface area contributed by atoms with E-state index in [0.717, 1.165) is 0 Å². The Hall–Kier alpha value is -0.960. The van der Waals surface area contributed by atoms with Crippen molar-refractivity contribution in [1.29, 1.82) is 0 Å². The Morgan fingerprint density at radius 1 is 1.50 bits per heavy atom. The lowest BCUT2D eigenvalue weighted by Gasteiger charge is -2.26. The molecule has 1 aromatic rings. The number of rotatable bonds is 8. The van der Waals surface area contributed by atoms with E-state index in [2.05, 4.69) is 10.2 Å². The molecule has 0 fully saturated rings. The van der Waals surface area contributed by atoms with Gasteiger partial charge in [-0.2, -0.15) is 9.40 Å². The quantitative estimate of drug-likeness (QED) is 0.733. The molecular formula is C12H24N4O3S. The zero-order chi connectivity index (χ0) is 15.3. The van der Waals surface area contributed by atoms with Crippen LogP contribution in [0.4, 0.5) is 0 Å². The van der Waals surface area contributed by atoms with E-state index in [9.17, 15) is 8.42 Å². The van der Waals surface area contributed by atoms with Gasteiger partial charge in [0, 0.05) is 37.5 Å². The summed E-state index contributed by atoms with van der Waals surface area (Å²) in [6, 6.07) is -0.127. The molecule has 8 heteroatoms. The number of ether oxygens (including phenoxy) is 1. The van der Waals surface area contributed by atoms with Crippen molar-refractivity contribution in [3.05, 3.63) is 11.3 Å². The predicted octanol–water partition coefficient (Wildman–Crippen LogP) is 0.612. The highest BCUT2D eigenvalue weighted by Crippen LogP contribution is 2.22. The van der Waals surface area contributed by atoms with E-state index in [0.29, 0.717) is 30.8 Å². The maximum atomic E-state index is 12.8. The van der Waals surface area contributed by atoms with E-state index in [1.807, 2.05) is 13.8 Å². The smallest absolute Gasteiger partial charge is 0.263 e. The molecule has 0 saturated heterocycles. The maximum absolute atomic E-state index is 12.8. The van der Waals surface area contributed by atoms with Crippen molar-refractivity contribution in [2.75, 3.05) is 20.3 Å². The topological polar surface area (TPSA) is 101 Å². The van der Waals surface area contributed by atoms with Gasteiger partial charge in [-0.3, -0.25) is 5.10 Å². The Morgan fingerprint density at radius 2 is 2.15 bits per heavy atom. The van der Waals surface area contributed by atoms with Gasteiger partial charge in [0.15, 0.2) is 5.03 Å². The zero-order valence-electron chi connectivity index (χ0n) is 12.5. The molecule has 7 nitrogen and oxygen atoms in total. The number of nitrogens with two attached hydrogens (primary N) is 1. The van der Waals surface area contributed by atoms with Gasteiger partial charge >= 0.3 is 0 Å². The van der Waals surface area contributed by atoms with Crippen molar-refractivity contribution >= 4 is 10.0 Å². The Balaban J connectivity index is 3.21. The zero-order valence-corrected chi connectivity index (χ0v) is 13.3. The van der Waals surface area contributed by atoms with Gasteiger partial charge in [0.1, 0.15) is 0 Å². The molecule has 0 saturated carbocycles. The monoisotopic (exact) mass is 304 g/mol. The van der Waals surface area contributed by atoms with Gasteiger partial charge in [0.05, 0.1) is 6.61 Å². The minimum absolute atomic E-state index is 0.0221. The summed E-state index contributed by atoms with van der Waals surface area (Å²) in [5, 5.41) is 6.65. The summed E-state index contributed by atoms with van der Waals surface area (Å²) in [4.78, 5) is 0. The Bertz CT molecular complexity index is 527. The highest BCUT2D eigenvalue weighted by atomic mass is 32.2. The van der Waals surface area contributed by atoms with E-state index >= 15 is 0 Å². The molecule has 0 amide bonds. The number of hydrogen-bond acceptors (Lipinski definition) is 5. The lowest BCUT2D eigenvalue weighted by Crippen LogP contribution is -2.41. The third kappa shape index (κ3) is 3.38. The second-order valence-electron chi connectivity index (χ2n) is 4.70. The van der Waals surface area contributed by atoms with E-state index in [-0.39, 0.29) is 17.6 Å². The standard InChI is InChI=1S/C12H24N4O3S/c1-5-9(2)16(6-7-19-4)20(17,18)12-11(8-13)10(3)14-15-12/h9H,5-8,13H2,1-4H3,(H,14,15). The normalized spacial score (nSPS) is 13.9. The van der Waals surface area contributed by atoms with Crippen molar-refractivity contribution in [2.45, 2.75) is 44.8 Å². The van der Waals surface area contributed by atoms with Crippen LogP contribution in [0.1, 0.15) is 31.5 Å². The Morgan fingerprint density at radius 3 is 2.65 bits per heavy atom. The van der Waals surface area contributed by atoms with Crippen molar-refractivity contribution in [3.8, 4) is 0 Å². The van der Waals surface area contributed by atoms with Crippen LogP contribution >= 0.6 is 0 Å². The summed E-state index contributed by atoms with van der Waals surface area (Å²) < 4.78 is 32.0. The molecule has 1 rings (SSSR count). The van der Waals surface area contributed by atoms with Crippen molar-refractivity contribution in [3.63, 3.8) is 0 Å². The highest BCUT2D eigenvalue weighted by Gasteiger charge is 2.32. The van der Waals surface area contributed by atoms with Crippen molar-refractivity contribution < 1.29 is 13.2 Å². The first-order chi connectivity index (χ1) is 9.39. The lowest BCUT2D eigenvalue weighted by molar-refractivity contribution is 0.167. The van der Waals surface area contributed by atoms with Crippen molar-refractivity contribution in [2.24, 2.45) is 5.73 Å². The number of hydrogen-bond donors (Lipinski definition) is 2. The number of aromatic nitrogens is 2. The second-order valence-corrected chi connectivity index (χ2v) is 6.51. The molecule has 0 aliphatic carbocycles. The van der Waals surface area contributed by atoms with Gasteiger partial charge in [-0.25, -0.2) is 8.42 Å². The fourth-order valence-electron chi connectivity index (χ4n) is 1.96. The largest absolute Gasteiger partial charge is 0.383 e. The van der Waals surface area contributed by atoms with Crippen LogP contribution < -0.4 is 5.73 Å². The first kappa shape index (κ1) is 17.1. The summed E-state index contributed by atoms with van der Waals surface area (Å²) in [6.45, 7) is 6.34. The fourth-order valence-corrected chi connectivity index (χ4v) is 3.83. The minimum atomic E-state index is -3.68. The van der Waals surface area contributed by atoms with Crippen LogP contribution in [0.5, 0.6) is 0 Å². The molecule has 20 heavy (non-hydrogen) atoms. The van der Waals surface area contributed by atoms with Gasteiger partial charge in [0.25, 0.3) is 10.0 Å². The average molecular weight is 304 g/mol. The van der Waals surface area contributed by atoms with Crippen molar-refractivity contribution in [1.82, 2.24) is 14.5 Å². The fraction of sp³-hybridized carbons (Fsp3) is 0.750. The molecule has 1 heterocycles. The Labute approximate surface area is 120 Å². The molecule has 1 aromatic heterocycles. The summed E-state index contributed by atoms with van der Waals surface area (Å²) in [7, 11) is -2.13. The van der Waals surface area contributed by atoms with Crippen LogP contribution in [0.25, 0.3) is 0 Å². The van der Waals surface area contributed by atoms with Crippen LogP contribution in [0.15, 0.2) is 5.03 Å². The number of H-pyrrole nitrogens is 1.